The van der Waals surface area contributed by atoms with Gasteiger partial charge in [0.15, 0.2) is 6.10 Å². The summed E-state index contributed by atoms with van der Waals surface area (Å²) in [5.74, 6) is -1.14. The minimum Gasteiger partial charge on any atom is -0.462 e. The minimum atomic E-state index is -5.14. The van der Waals surface area contributed by atoms with Crippen LogP contribution in [0.1, 0.15) is 194 Å². The summed E-state index contributed by atoms with van der Waals surface area (Å²) in [5, 5.41) is 50.3. The Kier molecular flexibility index (Phi) is 39.2. The van der Waals surface area contributed by atoms with Gasteiger partial charge in [-0.3, -0.25) is 18.6 Å². The number of phosphoric ester groups is 1. The van der Waals surface area contributed by atoms with E-state index in [2.05, 4.69) is 86.8 Å². The van der Waals surface area contributed by atoms with E-state index in [0.717, 1.165) is 83.5 Å². The van der Waals surface area contributed by atoms with Gasteiger partial charge in [-0.25, -0.2) is 4.57 Å². The number of aliphatic hydroxyl groups is 5. The molecule has 0 spiro atoms. The second-order valence-corrected chi connectivity index (χ2v) is 19.0. The highest BCUT2D eigenvalue weighted by molar-refractivity contribution is 7.47. The zero-order valence-electron chi connectivity index (χ0n) is 41.2. The molecule has 1 saturated carbocycles. The molecule has 0 saturated heterocycles. The summed E-state index contributed by atoms with van der Waals surface area (Å²) in [4.78, 5) is 35.8. The van der Waals surface area contributed by atoms with Crippen LogP contribution in [0.2, 0.25) is 0 Å². The maximum absolute atomic E-state index is 12.9. The van der Waals surface area contributed by atoms with E-state index < -0.39 is 75.7 Å². The van der Waals surface area contributed by atoms with Crippen molar-refractivity contribution in [3.05, 3.63) is 72.9 Å². The van der Waals surface area contributed by atoms with Crippen molar-refractivity contribution in [2.45, 2.75) is 236 Å². The molecule has 0 radical (unpaired) electrons. The molecule has 67 heavy (non-hydrogen) atoms. The van der Waals surface area contributed by atoms with E-state index in [1.165, 1.54) is 70.6 Å². The molecule has 0 aromatic carbocycles. The number of unbranched alkanes of at least 4 members (excludes halogenated alkanes) is 18. The van der Waals surface area contributed by atoms with Gasteiger partial charge in [-0.15, -0.1) is 0 Å². The normalized spacial score (nSPS) is 21.7. The highest BCUT2D eigenvalue weighted by atomic mass is 31.2. The van der Waals surface area contributed by atoms with Gasteiger partial charge in [0.1, 0.15) is 43.2 Å². The summed E-state index contributed by atoms with van der Waals surface area (Å²) < 4.78 is 33.6. The molecule has 0 aliphatic heterocycles. The van der Waals surface area contributed by atoms with Gasteiger partial charge >= 0.3 is 19.8 Å². The lowest BCUT2D eigenvalue weighted by molar-refractivity contribution is -0.220. The van der Waals surface area contributed by atoms with Crippen LogP contribution in [-0.2, 0) is 32.7 Å². The van der Waals surface area contributed by atoms with E-state index in [9.17, 15) is 44.6 Å². The quantitative estimate of drug-likeness (QED) is 0.0146. The van der Waals surface area contributed by atoms with Gasteiger partial charge < -0.3 is 39.9 Å². The Morgan fingerprint density at radius 1 is 0.478 bits per heavy atom. The Labute approximate surface area is 404 Å². The van der Waals surface area contributed by atoms with Gasteiger partial charge in [0.2, 0.25) is 0 Å². The average Bonchev–Trinajstić information content (AvgIpc) is 3.31. The molecular weight excluding hydrogens is 876 g/mol. The molecule has 0 heterocycles. The van der Waals surface area contributed by atoms with Crippen LogP contribution < -0.4 is 0 Å². The molecule has 0 aromatic heterocycles. The summed E-state index contributed by atoms with van der Waals surface area (Å²) in [6.07, 6.45) is 40.9. The third-order valence-corrected chi connectivity index (χ3v) is 12.5. The van der Waals surface area contributed by atoms with Gasteiger partial charge in [0, 0.05) is 12.8 Å². The lowest BCUT2D eigenvalue weighted by Gasteiger charge is -2.41. The number of phosphoric acid groups is 1. The molecule has 6 unspecified atom stereocenters. The maximum atomic E-state index is 12.9. The second-order valence-electron chi connectivity index (χ2n) is 17.6. The van der Waals surface area contributed by atoms with Crippen molar-refractivity contribution in [3.63, 3.8) is 0 Å². The van der Waals surface area contributed by atoms with Crippen molar-refractivity contribution in [1.29, 1.82) is 0 Å². The van der Waals surface area contributed by atoms with Crippen molar-refractivity contribution in [1.82, 2.24) is 0 Å². The Balaban J connectivity index is 2.43. The molecule has 8 atom stereocenters. The second kappa shape index (κ2) is 42.2. The van der Waals surface area contributed by atoms with Crippen LogP contribution in [0, 0.1) is 0 Å². The van der Waals surface area contributed by atoms with Crippen molar-refractivity contribution in [3.8, 4) is 0 Å². The maximum Gasteiger partial charge on any atom is 0.472 e. The standard InChI is InChI=1S/C53H91O13P/c1-3-5-7-9-11-13-15-17-19-21-23-25-27-29-31-33-35-37-39-41-46(54)63-43-45(44-64-67(61,62)66-53-51(59)49(57)48(56)50(58)52(53)60)65-47(55)42-40-38-36-34-32-30-28-26-24-22-20-18-16-14-12-10-8-6-4-2/h6,8,12,14,17-20,24,26,30,32,45,48-53,56-60H,3-5,7,9-11,13,15-16,21-23,25,27-29,31,33-44H2,1-2H3,(H,61,62)/b8-6+,14-12+,19-17+,20-18+,26-24+,32-30+/t45-,48?,49-,50?,51?,52?,53?/m0/s1. The number of esters is 2. The van der Waals surface area contributed by atoms with Crippen LogP contribution in [-0.4, -0.2) is 98.3 Å². The first-order chi connectivity index (χ1) is 32.4. The Morgan fingerprint density at radius 2 is 0.851 bits per heavy atom. The lowest BCUT2D eigenvalue weighted by Crippen LogP contribution is -2.64. The van der Waals surface area contributed by atoms with E-state index in [4.69, 9.17) is 18.5 Å². The third kappa shape index (κ3) is 34.3. The molecule has 14 heteroatoms. The fraction of sp³-hybridized carbons (Fsp3) is 0.736. The fourth-order valence-electron chi connectivity index (χ4n) is 7.43. The highest BCUT2D eigenvalue weighted by Crippen LogP contribution is 2.47. The number of aliphatic hydroxyl groups excluding tert-OH is 5. The summed E-state index contributed by atoms with van der Waals surface area (Å²) in [6, 6.07) is 0. The van der Waals surface area contributed by atoms with E-state index >= 15 is 0 Å². The number of carbonyl (C=O) groups is 2. The molecule has 0 aromatic rings. The van der Waals surface area contributed by atoms with Crippen LogP contribution in [0.5, 0.6) is 0 Å². The van der Waals surface area contributed by atoms with Gasteiger partial charge in [-0.1, -0.05) is 170 Å². The first-order valence-electron chi connectivity index (χ1n) is 25.7. The van der Waals surface area contributed by atoms with Crippen LogP contribution >= 0.6 is 7.82 Å². The van der Waals surface area contributed by atoms with Gasteiger partial charge in [0.25, 0.3) is 0 Å². The number of carbonyl (C=O) groups excluding carboxylic acids is 2. The molecule has 1 aliphatic carbocycles. The number of allylic oxidation sites excluding steroid dienone is 12. The third-order valence-electron chi connectivity index (χ3n) is 11.5. The number of hydrogen-bond donors (Lipinski definition) is 6. The molecule has 1 fully saturated rings. The monoisotopic (exact) mass is 967 g/mol. The van der Waals surface area contributed by atoms with E-state index in [-0.39, 0.29) is 12.8 Å². The molecular formula is C53H91O13P. The SMILES string of the molecule is CC/C=C/C/C=C/C/C=C/C/C=C/C/C=C/CCCCCC(=O)O[C@@H](COC(=O)CCCCCCCCCCC/C=C/CCCCCCCC)COP(=O)(O)OC1C(O)C(O)C(O)[C@H](O)C1O. The Bertz CT molecular complexity index is 1440. The van der Waals surface area contributed by atoms with Gasteiger partial charge in [0.05, 0.1) is 6.61 Å². The van der Waals surface area contributed by atoms with Crippen LogP contribution in [0.15, 0.2) is 72.9 Å². The van der Waals surface area contributed by atoms with E-state index in [1.54, 1.807) is 0 Å². The van der Waals surface area contributed by atoms with E-state index in [0.29, 0.717) is 12.8 Å². The summed E-state index contributed by atoms with van der Waals surface area (Å²) in [5.41, 5.74) is 0. The van der Waals surface area contributed by atoms with Crippen molar-refractivity contribution >= 4 is 19.8 Å². The smallest absolute Gasteiger partial charge is 0.462 e. The molecule has 1 rings (SSSR count). The molecule has 0 bridgehead atoms. The van der Waals surface area contributed by atoms with E-state index in [1.807, 2.05) is 0 Å². The molecule has 6 N–H and O–H groups in total. The van der Waals surface area contributed by atoms with Gasteiger partial charge in [-0.05, 0) is 83.5 Å². The molecule has 0 amide bonds. The zero-order chi connectivity index (χ0) is 49.2. The van der Waals surface area contributed by atoms with Crippen LogP contribution in [0.4, 0.5) is 0 Å². The number of ether oxygens (including phenoxy) is 2. The minimum absolute atomic E-state index is 0.0542. The number of hydrogen-bond acceptors (Lipinski definition) is 12. The highest BCUT2D eigenvalue weighted by Gasteiger charge is 2.51. The Hall–Kier alpha value is -2.71. The molecule has 386 valence electrons. The van der Waals surface area contributed by atoms with Crippen molar-refractivity contribution in [2.75, 3.05) is 13.2 Å². The lowest BCUT2D eigenvalue weighted by atomic mass is 9.85. The average molecular weight is 967 g/mol. The topological polar surface area (TPSA) is 210 Å². The fourth-order valence-corrected chi connectivity index (χ4v) is 8.40. The van der Waals surface area contributed by atoms with Gasteiger partial charge in [-0.2, -0.15) is 0 Å². The van der Waals surface area contributed by atoms with Crippen molar-refractivity contribution < 1.29 is 63.1 Å². The van der Waals surface area contributed by atoms with Crippen LogP contribution in [0.3, 0.4) is 0 Å². The summed E-state index contributed by atoms with van der Waals surface area (Å²) >= 11 is 0. The predicted molar refractivity (Wildman–Crippen MR) is 267 cm³/mol. The molecule has 13 nitrogen and oxygen atoms in total. The largest absolute Gasteiger partial charge is 0.472 e. The summed E-state index contributed by atoms with van der Waals surface area (Å²) in [7, 11) is -5.14. The summed E-state index contributed by atoms with van der Waals surface area (Å²) in [6.45, 7) is 3.17. The predicted octanol–water partition coefficient (Wildman–Crippen LogP) is 11.1. The first-order valence-corrected chi connectivity index (χ1v) is 27.2. The Morgan fingerprint density at radius 3 is 1.33 bits per heavy atom. The van der Waals surface area contributed by atoms with Crippen LogP contribution in [0.25, 0.3) is 0 Å². The molecule has 1 aliphatic rings. The van der Waals surface area contributed by atoms with Crippen molar-refractivity contribution in [2.24, 2.45) is 0 Å². The zero-order valence-corrected chi connectivity index (χ0v) is 42.1. The number of rotatable bonds is 42. The first kappa shape index (κ1) is 62.3.